The van der Waals surface area contributed by atoms with Gasteiger partial charge in [0.25, 0.3) is 17.7 Å². The Balaban J connectivity index is 0.000000146. The first-order chi connectivity index (χ1) is 53.1. The average Bonchev–Trinajstić information content (AvgIpc) is 1.66. The number of ether oxygens (including phenoxy) is 6. The Morgan fingerprint density at radius 3 is 1.22 bits per heavy atom. The molecule has 6 aromatic rings. The lowest BCUT2D eigenvalue weighted by Crippen LogP contribution is -2.49. The zero-order valence-electron chi connectivity index (χ0n) is 64.8. The number of piperidine rings is 3. The molecule has 6 fully saturated rings. The van der Waals surface area contributed by atoms with Gasteiger partial charge in [0.2, 0.25) is 35.4 Å². The highest BCUT2D eigenvalue weighted by molar-refractivity contribution is 6.04. The molecule has 9 heterocycles. The van der Waals surface area contributed by atoms with E-state index >= 15 is 0 Å². The fourth-order valence-corrected chi connectivity index (χ4v) is 12.8. The minimum Gasteiger partial charge on any atom is -0.489 e. The van der Waals surface area contributed by atoms with E-state index in [2.05, 4.69) is 25.1 Å². The molecule has 6 aromatic carbocycles. The Bertz CT molecular complexity index is 4720. The van der Waals surface area contributed by atoms with Crippen LogP contribution in [-0.4, -0.2) is 160 Å². The first kappa shape index (κ1) is 58.8. The second-order valence-corrected chi connectivity index (χ2v) is 25.2. The lowest BCUT2D eigenvalue weighted by Gasteiger charge is -2.31. The van der Waals surface area contributed by atoms with Gasteiger partial charge in [-0.25, -0.2) is 0 Å². The minimum absolute atomic E-state index is 0.0105. The summed E-state index contributed by atoms with van der Waals surface area (Å²) in [6, 6.07) is 32.7. The molecule has 24 heteroatoms. The van der Waals surface area contributed by atoms with Crippen molar-refractivity contribution in [1.29, 1.82) is 0 Å². The van der Waals surface area contributed by atoms with Gasteiger partial charge < -0.3 is 73.8 Å². The molecule has 0 spiro atoms. The fraction of sp³-hybridized carbons (Fsp3) is 0.346. The van der Waals surface area contributed by atoms with Crippen molar-refractivity contribution in [2.45, 2.75) is 116 Å². The number of nitrogens with zero attached hydrogens (tertiary/aromatic N) is 6. The van der Waals surface area contributed by atoms with Gasteiger partial charge in [0.05, 0.1) is 42.2 Å². The van der Waals surface area contributed by atoms with Crippen LogP contribution in [0.3, 0.4) is 0 Å². The van der Waals surface area contributed by atoms with E-state index in [-0.39, 0.29) is 101 Å². The maximum Gasteiger partial charge on any atom is 0.255 e. The smallest absolute Gasteiger partial charge is 0.255 e. The molecule has 0 saturated carbocycles. The van der Waals surface area contributed by atoms with E-state index in [1.54, 1.807) is 69.3 Å². The molecule has 3 N–H and O–H groups in total. The van der Waals surface area contributed by atoms with Gasteiger partial charge >= 0.3 is 0 Å². The molecule has 15 rings (SSSR count). The summed E-state index contributed by atoms with van der Waals surface area (Å²) in [4.78, 5) is 122. The number of fused-ring (bicyclic) bond motifs is 3. The van der Waals surface area contributed by atoms with Gasteiger partial charge in [0.1, 0.15) is 75.0 Å². The number of hydrogen-bond donors (Lipinski definition) is 3. The van der Waals surface area contributed by atoms with Crippen molar-refractivity contribution in [1.82, 2.24) is 45.3 Å². The second-order valence-electron chi connectivity index (χ2n) is 25.2. The molecule has 102 heavy (non-hydrogen) atoms. The number of benzene rings is 6. The normalized spacial score (nSPS) is 26.9. The van der Waals surface area contributed by atoms with Crippen molar-refractivity contribution in [2.24, 2.45) is 0 Å². The lowest BCUT2D eigenvalue weighted by molar-refractivity contribution is -0.144. The van der Waals surface area contributed by atoms with E-state index < -0.39 is 85.5 Å². The van der Waals surface area contributed by atoms with Crippen LogP contribution in [-0.2, 0) is 102 Å². The predicted octanol–water partition coefficient (Wildman–Crippen LogP) is 7.12. The molecule has 24 nitrogen and oxygen atoms in total. The van der Waals surface area contributed by atoms with Crippen LogP contribution < -0.4 is 30.1 Å². The Kier molecular flexibility index (Phi) is 18.0. The van der Waals surface area contributed by atoms with Crippen molar-refractivity contribution in [2.75, 3.05) is 59.3 Å². The minimum atomic E-state index is -2.27. The van der Waals surface area contributed by atoms with Crippen molar-refractivity contribution >= 4 is 53.2 Å². The highest BCUT2D eigenvalue weighted by Crippen LogP contribution is 2.38. The fourth-order valence-electron chi connectivity index (χ4n) is 12.8. The van der Waals surface area contributed by atoms with Crippen molar-refractivity contribution in [3.05, 3.63) is 231 Å². The number of rotatable bonds is 18. The van der Waals surface area contributed by atoms with E-state index in [4.69, 9.17) is 40.8 Å². The van der Waals surface area contributed by atoms with Crippen molar-refractivity contribution in [3.8, 4) is 17.2 Å². The summed E-state index contributed by atoms with van der Waals surface area (Å²) in [6.07, 6.45) is -6.45. The molecule has 0 radical (unpaired) electrons. The predicted molar refractivity (Wildman–Crippen MR) is 371 cm³/mol. The van der Waals surface area contributed by atoms with Crippen molar-refractivity contribution in [3.63, 3.8) is 0 Å². The number of amides is 9. The number of nitrogens with one attached hydrogen (secondary N) is 3. The molecule has 0 aliphatic carbocycles. The topological polar surface area (TPSA) is 265 Å². The van der Waals surface area contributed by atoms with Crippen LogP contribution >= 0.6 is 0 Å². The number of morpholine rings is 3. The average molecular weight is 1390 g/mol. The summed E-state index contributed by atoms with van der Waals surface area (Å²) in [5, 5.41) is 3.37. The molecule has 0 aromatic heterocycles. The highest BCUT2D eigenvalue weighted by atomic mass is 16.5. The summed E-state index contributed by atoms with van der Waals surface area (Å²) < 4.78 is 108. The molecule has 8 unspecified atom stereocenters. The van der Waals surface area contributed by atoms with Crippen LogP contribution in [0.15, 0.2) is 164 Å². The summed E-state index contributed by atoms with van der Waals surface area (Å²) in [5.41, 5.74) is 8.38. The number of carbonyl (C=O) groups is 9. The lowest BCUT2D eigenvalue weighted by atomic mass is 10.0. The molecule has 8 atom stereocenters. The number of allylic oxidation sites excluding steroid dienone is 3. The maximum atomic E-state index is 13.2. The molecule has 9 amide bonds. The zero-order valence-corrected chi connectivity index (χ0v) is 55.8. The van der Waals surface area contributed by atoms with E-state index in [0.717, 1.165) is 43.2 Å². The third-order valence-corrected chi connectivity index (χ3v) is 18.3. The molecular weight excluding hydrogens is 1300 g/mol. The highest BCUT2D eigenvalue weighted by Gasteiger charge is 2.43. The summed E-state index contributed by atoms with van der Waals surface area (Å²) >= 11 is 0. The second kappa shape index (κ2) is 31.3. The molecule has 9 aliphatic rings. The molecule has 528 valence electrons. The van der Waals surface area contributed by atoms with E-state index in [9.17, 15) is 43.2 Å². The Labute approximate surface area is 603 Å². The summed E-state index contributed by atoms with van der Waals surface area (Å²) in [6.45, 7) is 16.6. The first-order valence-electron chi connectivity index (χ1n) is 38.1. The zero-order chi connectivity index (χ0) is 78.9. The largest absolute Gasteiger partial charge is 0.489 e. The Morgan fingerprint density at radius 1 is 0.431 bits per heavy atom. The van der Waals surface area contributed by atoms with Crippen LogP contribution in [0.1, 0.15) is 129 Å². The van der Waals surface area contributed by atoms with Crippen LogP contribution in [0.2, 0.25) is 2.82 Å². The maximum absolute atomic E-state index is 13.2. The quantitative estimate of drug-likeness (QED) is 0.0774. The SMILES string of the molecule is [2H]C1C(=C)N([2H])C(=O)C(N2Cc3c(OCc4ccc(CN5CCOCC5=O)cc4)cccc3C2=O)C1[2H].[2H]C1C(=C)NC(=O)C([2H])(N2Cc3c(OCc4ccc(CN5CCOCC5=O)cc4)cccc3C2=O)C1[2H].[2H]C1CC([2H])(N2Cc3c(OCc4ccc(CN5CCOCC5=O)cc4)cccc3C2=O)C(=O)N([2H])C1=C. The molecule has 9 aliphatic heterocycles. The van der Waals surface area contributed by atoms with Gasteiger partial charge in [-0.3, -0.25) is 43.2 Å². The Hall–Kier alpha value is -11.0. The van der Waals surface area contributed by atoms with E-state index in [1.807, 2.05) is 72.8 Å². The van der Waals surface area contributed by atoms with E-state index in [0.29, 0.717) is 120 Å². The van der Waals surface area contributed by atoms with E-state index in [1.165, 1.54) is 4.90 Å². The van der Waals surface area contributed by atoms with Crippen molar-refractivity contribution < 1.29 is 84.0 Å². The third kappa shape index (κ3) is 15.9. The monoisotopic (exact) mass is 1390 g/mol. The molecule has 0 bridgehead atoms. The summed E-state index contributed by atoms with van der Waals surface area (Å²) in [5.74, 6) is -2.62. The Morgan fingerprint density at radius 2 is 0.794 bits per heavy atom. The van der Waals surface area contributed by atoms with Gasteiger partial charge in [-0.1, -0.05) is 111 Å². The van der Waals surface area contributed by atoms with Gasteiger partial charge in [-0.2, -0.15) is 0 Å². The van der Waals surface area contributed by atoms with Crippen LogP contribution in [0.4, 0.5) is 0 Å². The molecule has 6 saturated heterocycles. The van der Waals surface area contributed by atoms with Gasteiger partial charge in [0.15, 0.2) is 2.82 Å². The van der Waals surface area contributed by atoms with Gasteiger partial charge in [-0.15, -0.1) is 0 Å². The van der Waals surface area contributed by atoms with Crippen LogP contribution in [0, 0.1) is 0 Å². The third-order valence-electron chi connectivity index (χ3n) is 18.3. The van der Waals surface area contributed by atoms with Crippen LogP contribution in [0.25, 0.3) is 0 Å². The number of hydrogen-bond acceptors (Lipinski definition) is 15. The van der Waals surface area contributed by atoms with Gasteiger partial charge in [0, 0.05) is 96.6 Å². The standard InChI is InChI=1S/3C26H27N3O5/c3*1-17-5-10-22(25(31)27-17)29-14-21-20(26(29)32)3-2-4-23(21)34-15-19-8-6-18(7-9-19)13-28-11-12-33-16-24(28)30/h3*2-4,6-9,22H,1,5,10-16H2,(H,27,31)/i5D,10D,22D;5D,22D;5D,10D/hD2. The van der Waals surface area contributed by atoms with Crippen LogP contribution in [0.5, 0.6) is 17.2 Å². The number of carbonyl (C=O) groups excluding carboxylic acids is 9. The van der Waals surface area contributed by atoms with Gasteiger partial charge in [-0.05, 0) is 108 Å². The first-order valence-corrected chi connectivity index (χ1v) is 33.3. The molecular formula is C78H81N9O15. The summed E-state index contributed by atoms with van der Waals surface area (Å²) in [7, 11) is 0.